The third kappa shape index (κ3) is 4.08. The zero-order valence-corrected chi connectivity index (χ0v) is 15.1. The molecule has 0 aliphatic carbocycles. The van der Waals surface area contributed by atoms with Crippen LogP contribution in [0.3, 0.4) is 0 Å². The molecule has 0 radical (unpaired) electrons. The van der Waals surface area contributed by atoms with E-state index in [9.17, 15) is 22.8 Å². The number of Topliss-reactive ketones (excluding diaryl/α,β-unsaturated/α-hetero) is 1. The summed E-state index contributed by atoms with van der Waals surface area (Å²) in [5.41, 5.74) is -0.0889. The van der Waals surface area contributed by atoms with Crippen LogP contribution in [0.1, 0.15) is 33.3 Å². The monoisotopic (exact) mass is 401 g/mol. The highest BCUT2D eigenvalue weighted by molar-refractivity contribution is 6.32. The number of amides is 1. The minimum Gasteiger partial charge on any atom is -0.356 e. The minimum atomic E-state index is -4.47. The number of anilines is 1. The smallest absolute Gasteiger partial charge is 0.356 e. The van der Waals surface area contributed by atoms with Gasteiger partial charge in [-0.25, -0.2) is 4.98 Å². The average molecular weight is 402 g/mol. The van der Waals surface area contributed by atoms with Crippen LogP contribution in [0.25, 0.3) is 0 Å². The van der Waals surface area contributed by atoms with Crippen molar-refractivity contribution >= 4 is 29.1 Å². The topological polar surface area (TPSA) is 70.6 Å². The Morgan fingerprint density at radius 3 is 2.37 bits per heavy atom. The van der Waals surface area contributed by atoms with Gasteiger partial charge in [0.2, 0.25) is 0 Å². The van der Waals surface area contributed by atoms with Crippen molar-refractivity contribution in [3.8, 4) is 0 Å². The molecule has 0 atom stereocenters. The normalized spacial score (nSPS) is 15.1. The number of aromatic nitrogens is 2. The number of piperazine rings is 1. The maximum Gasteiger partial charge on any atom is 0.419 e. The Hall–Kier alpha value is -2.55. The highest BCUT2D eigenvalue weighted by Gasteiger charge is 2.35. The summed E-state index contributed by atoms with van der Waals surface area (Å²) < 4.78 is 38.2. The van der Waals surface area contributed by atoms with Gasteiger partial charge in [-0.05, 0) is 19.1 Å². The summed E-state index contributed by atoms with van der Waals surface area (Å²) in [4.78, 5) is 32.7. The van der Waals surface area contributed by atoms with Crippen molar-refractivity contribution < 1.29 is 27.7 Å². The van der Waals surface area contributed by atoms with E-state index >= 15 is 0 Å². The number of H-pyrrole nitrogens is 2. The molecule has 0 bridgehead atoms. The molecular weight excluding hydrogens is 385 g/mol. The van der Waals surface area contributed by atoms with E-state index in [0.717, 1.165) is 12.3 Å². The number of nitrogens with one attached hydrogen (secondary N) is 2. The largest absolute Gasteiger partial charge is 0.419 e. The number of nitrogens with zero attached hydrogens (tertiary/aromatic N) is 2. The van der Waals surface area contributed by atoms with E-state index in [4.69, 9.17) is 11.6 Å². The van der Waals surface area contributed by atoms with E-state index in [1.54, 1.807) is 9.80 Å². The second-order valence-corrected chi connectivity index (χ2v) is 6.63. The van der Waals surface area contributed by atoms with Crippen LogP contribution in [0.4, 0.5) is 19.0 Å². The van der Waals surface area contributed by atoms with Crippen molar-refractivity contribution in [2.75, 3.05) is 31.1 Å². The van der Waals surface area contributed by atoms with Crippen LogP contribution >= 0.6 is 11.6 Å². The Bertz CT molecular complexity index is 873. The molecule has 6 nitrogen and oxygen atoms in total. The Balaban J connectivity index is 1.66. The predicted molar refractivity (Wildman–Crippen MR) is 91.9 cm³/mol. The molecule has 0 saturated carbocycles. The molecule has 144 valence electrons. The van der Waals surface area contributed by atoms with Crippen molar-refractivity contribution in [3.63, 3.8) is 0 Å². The van der Waals surface area contributed by atoms with Gasteiger partial charge in [0.25, 0.3) is 11.7 Å². The molecule has 1 saturated heterocycles. The summed E-state index contributed by atoms with van der Waals surface area (Å²) in [6, 6.07) is 2.39. The van der Waals surface area contributed by atoms with Crippen molar-refractivity contribution in [3.05, 3.63) is 46.4 Å². The average Bonchev–Trinajstić information content (AvgIpc) is 3.11. The fourth-order valence-corrected chi connectivity index (χ4v) is 3.18. The third-order valence-corrected chi connectivity index (χ3v) is 4.69. The van der Waals surface area contributed by atoms with Crippen molar-refractivity contribution in [1.82, 2.24) is 9.88 Å². The number of hydrogen-bond acceptors (Lipinski definition) is 3. The Morgan fingerprint density at radius 2 is 1.85 bits per heavy atom. The Labute approximate surface area is 157 Å². The predicted octanol–water partition coefficient (Wildman–Crippen LogP) is 2.67. The molecule has 1 fully saturated rings. The van der Waals surface area contributed by atoms with Gasteiger partial charge >= 0.3 is 6.18 Å². The van der Waals surface area contributed by atoms with Crippen LogP contribution in [0.2, 0.25) is 5.02 Å². The lowest BCUT2D eigenvalue weighted by Gasteiger charge is -2.31. The van der Waals surface area contributed by atoms with Gasteiger partial charge < -0.3 is 9.88 Å². The van der Waals surface area contributed by atoms with Gasteiger partial charge in [0.15, 0.2) is 5.78 Å². The first kappa shape index (κ1) is 19.2. The number of hydrogen-bond donors (Lipinski definition) is 1. The van der Waals surface area contributed by atoms with Gasteiger partial charge in [-0.15, -0.1) is 0 Å². The van der Waals surface area contributed by atoms with Crippen molar-refractivity contribution in [2.24, 2.45) is 0 Å². The standard InChI is InChI=1S/C17H16ClF3N4O2/c1-10(26)11-6-14(22-8-11)16(27)25-4-2-24(3-5-25)15-13(18)7-12(9-23-15)17(19,20)21/h6-9,22H,2-5H2,1H3/p+1. The molecule has 0 unspecified atom stereocenters. The van der Waals surface area contributed by atoms with E-state index < -0.39 is 11.7 Å². The molecule has 0 aromatic carbocycles. The highest BCUT2D eigenvalue weighted by Crippen LogP contribution is 2.32. The summed E-state index contributed by atoms with van der Waals surface area (Å²) in [5.74, 6) is 0.0164. The lowest BCUT2D eigenvalue weighted by Crippen LogP contribution is -2.50. The number of alkyl halides is 3. The van der Waals surface area contributed by atoms with Crippen LogP contribution in [0, 0.1) is 0 Å². The molecule has 1 aliphatic rings. The fraction of sp³-hybridized carbons (Fsp3) is 0.353. The molecule has 1 aliphatic heterocycles. The van der Waals surface area contributed by atoms with Gasteiger partial charge in [-0.3, -0.25) is 14.5 Å². The summed E-state index contributed by atoms with van der Waals surface area (Å²) in [7, 11) is 0. The molecule has 27 heavy (non-hydrogen) atoms. The lowest BCUT2D eigenvalue weighted by molar-refractivity contribution is -0.367. The second-order valence-electron chi connectivity index (χ2n) is 6.22. The van der Waals surface area contributed by atoms with Gasteiger partial charge in [0, 0.05) is 11.8 Å². The fourth-order valence-electron chi connectivity index (χ4n) is 2.89. The van der Waals surface area contributed by atoms with E-state index in [-0.39, 0.29) is 16.7 Å². The van der Waals surface area contributed by atoms with Crippen LogP contribution < -0.4 is 9.88 Å². The maximum atomic E-state index is 12.7. The number of carbonyl (C=O) groups is 2. The summed E-state index contributed by atoms with van der Waals surface area (Å²) in [6.45, 7) is 2.98. The Morgan fingerprint density at radius 1 is 1.19 bits per heavy atom. The van der Waals surface area contributed by atoms with Gasteiger partial charge in [0.05, 0.1) is 18.7 Å². The summed E-state index contributed by atoms with van der Waals surface area (Å²) >= 11 is 6.01. The van der Waals surface area contributed by atoms with Crippen LogP contribution in [0.5, 0.6) is 0 Å². The lowest BCUT2D eigenvalue weighted by atomic mass is 10.2. The number of rotatable bonds is 3. The third-order valence-electron chi connectivity index (χ3n) is 4.40. The summed E-state index contributed by atoms with van der Waals surface area (Å²) in [6.07, 6.45) is -2.11. The van der Waals surface area contributed by atoms with E-state index in [1.165, 1.54) is 19.2 Å². The van der Waals surface area contributed by atoms with Gasteiger partial charge in [-0.2, -0.15) is 13.2 Å². The molecule has 3 heterocycles. The van der Waals surface area contributed by atoms with E-state index in [2.05, 4.69) is 9.97 Å². The first-order valence-electron chi connectivity index (χ1n) is 8.19. The number of ketones is 1. The van der Waals surface area contributed by atoms with Gasteiger partial charge in [0.1, 0.15) is 30.0 Å². The molecule has 10 heteroatoms. The number of aromatic amines is 2. The quantitative estimate of drug-likeness (QED) is 0.804. The van der Waals surface area contributed by atoms with Crippen LogP contribution in [0.15, 0.2) is 24.5 Å². The van der Waals surface area contributed by atoms with Crippen LogP contribution in [-0.4, -0.2) is 47.8 Å². The van der Waals surface area contributed by atoms with E-state index in [1.807, 2.05) is 0 Å². The molecule has 3 rings (SSSR count). The minimum absolute atomic E-state index is 0.0277. The van der Waals surface area contributed by atoms with Crippen LogP contribution in [-0.2, 0) is 6.18 Å². The summed E-state index contributed by atoms with van der Waals surface area (Å²) in [5, 5.41) is -0.0277. The van der Waals surface area contributed by atoms with Gasteiger partial charge in [-0.1, -0.05) is 11.6 Å². The molecular formula is C17H17ClF3N4O2+. The molecule has 2 aromatic heterocycles. The number of halogens is 4. The maximum absolute atomic E-state index is 12.7. The zero-order valence-electron chi connectivity index (χ0n) is 14.4. The SMILES string of the molecule is CC(=O)c1c[nH]c(C(=O)N2CCN(c3[nH+]cc(C(F)(F)F)cc3Cl)CC2)c1. The van der Waals surface area contributed by atoms with E-state index in [0.29, 0.717) is 43.3 Å². The first-order valence-corrected chi connectivity index (χ1v) is 8.56. The molecule has 2 N–H and O–H groups in total. The number of pyridine rings is 1. The van der Waals surface area contributed by atoms with Crippen molar-refractivity contribution in [1.29, 1.82) is 0 Å². The zero-order chi connectivity index (χ0) is 19.8. The molecule has 2 aromatic rings. The van der Waals surface area contributed by atoms with Crippen molar-refractivity contribution in [2.45, 2.75) is 13.1 Å². The molecule has 1 amide bonds. The Kier molecular flexibility index (Phi) is 5.14. The highest BCUT2D eigenvalue weighted by atomic mass is 35.5. The second kappa shape index (κ2) is 7.22. The first-order chi connectivity index (χ1) is 12.7. The molecule has 0 spiro atoms. The number of carbonyl (C=O) groups excluding carboxylic acids is 2.